The Labute approximate surface area is 121 Å². The van der Waals surface area contributed by atoms with Crippen molar-refractivity contribution in [1.29, 1.82) is 0 Å². The molecule has 5 heteroatoms. The van der Waals surface area contributed by atoms with Gasteiger partial charge in [0.1, 0.15) is 5.82 Å². The van der Waals surface area contributed by atoms with Gasteiger partial charge in [-0.05, 0) is 34.9 Å². The van der Waals surface area contributed by atoms with Gasteiger partial charge >= 0.3 is 0 Å². The van der Waals surface area contributed by atoms with Crippen molar-refractivity contribution in [2.24, 2.45) is 0 Å². The maximum absolute atomic E-state index is 4.46. The summed E-state index contributed by atoms with van der Waals surface area (Å²) in [5.41, 5.74) is 2.45. The van der Waals surface area contributed by atoms with E-state index >= 15 is 0 Å². The topological polar surface area (TPSA) is 53.6 Å². The number of nitrogens with one attached hydrogen (secondary N) is 2. The van der Waals surface area contributed by atoms with E-state index < -0.39 is 0 Å². The molecule has 2 N–H and O–H groups in total. The van der Waals surface area contributed by atoms with Crippen molar-refractivity contribution in [2.45, 2.75) is 19.5 Å². The predicted molar refractivity (Wildman–Crippen MR) is 80.6 cm³/mol. The van der Waals surface area contributed by atoms with Gasteiger partial charge in [0.05, 0.1) is 6.04 Å². The summed E-state index contributed by atoms with van der Waals surface area (Å²) in [7, 11) is 0. The van der Waals surface area contributed by atoms with E-state index in [1.54, 1.807) is 11.3 Å². The Morgan fingerprint density at radius 3 is 2.75 bits per heavy atom. The molecule has 1 atom stereocenters. The van der Waals surface area contributed by atoms with Crippen molar-refractivity contribution < 1.29 is 0 Å². The zero-order valence-corrected chi connectivity index (χ0v) is 12.0. The van der Waals surface area contributed by atoms with Crippen LogP contribution in [-0.2, 0) is 6.54 Å². The minimum Gasteiger partial charge on any atom is -0.299 e. The summed E-state index contributed by atoms with van der Waals surface area (Å²) in [5, 5.41) is 15.0. The summed E-state index contributed by atoms with van der Waals surface area (Å²) in [6.45, 7) is 2.72. The fourth-order valence-electron chi connectivity index (χ4n) is 2.11. The predicted octanol–water partition coefficient (Wildman–Crippen LogP) is 3.05. The van der Waals surface area contributed by atoms with E-state index in [0.717, 1.165) is 18.2 Å². The molecule has 0 aliphatic rings. The first kappa shape index (κ1) is 13.0. The summed E-state index contributed by atoms with van der Waals surface area (Å²) in [4.78, 5) is 4.46. The van der Waals surface area contributed by atoms with Gasteiger partial charge in [-0.15, -0.1) is 0 Å². The van der Waals surface area contributed by atoms with Crippen molar-refractivity contribution in [3.8, 4) is 0 Å². The normalized spacial score (nSPS) is 12.4. The second kappa shape index (κ2) is 5.98. The SMILES string of the molecule is Cc1nc(C(NCc2ccsc2)c2ccccc2)n[nH]1. The van der Waals surface area contributed by atoms with Gasteiger partial charge < -0.3 is 0 Å². The first-order valence-corrected chi connectivity index (χ1v) is 7.45. The number of hydrogen-bond donors (Lipinski definition) is 2. The first-order chi connectivity index (χ1) is 9.83. The molecule has 2 heterocycles. The number of nitrogens with zero attached hydrogens (tertiary/aromatic N) is 2. The molecule has 3 rings (SSSR count). The van der Waals surface area contributed by atoms with Crippen LogP contribution in [0.15, 0.2) is 47.2 Å². The van der Waals surface area contributed by atoms with Gasteiger partial charge in [0, 0.05) is 6.54 Å². The van der Waals surface area contributed by atoms with Gasteiger partial charge in [0.2, 0.25) is 0 Å². The molecule has 2 aromatic heterocycles. The van der Waals surface area contributed by atoms with Gasteiger partial charge in [-0.2, -0.15) is 16.4 Å². The Morgan fingerprint density at radius 1 is 1.25 bits per heavy atom. The number of benzene rings is 1. The van der Waals surface area contributed by atoms with Crippen LogP contribution in [-0.4, -0.2) is 15.2 Å². The number of aromatic amines is 1. The Balaban J connectivity index is 1.84. The third kappa shape index (κ3) is 2.95. The lowest BCUT2D eigenvalue weighted by Gasteiger charge is -2.15. The average Bonchev–Trinajstić information content (AvgIpc) is 3.12. The molecule has 0 aliphatic carbocycles. The van der Waals surface area contributed by atoms with Crippen LogP contribution in [0.1, 0.15) is 28.8 Å². The highest BCUT2D eigenvalue weighted by Crippen LogP contribution is 2.19. The highest BCUT2D eigenvalue weighted by atomic mass is 32.1. The number of H-pyrrole nitrogens is 1. The molecule has 0 saturated carbocycles. The minimum absolute atomic E-state index is 0.000972. The number of aryl methyl sites for hydroxylation is 1. The Hall–Kier alpha value is -1.98. The fraction of sp³-hybridized carbons (Fsp3) is 0.200. The average molecular weight is 284 g/mol. The molecule has 1 unspecified atom stereocenters. The molecule has 20 heavy (non-hydrogen) atoms. The van der Waals surface area contributed by atoms with Crippen LogP contribution < -0.4 is 5.32 Å². The van der Waals surface area contributed by atoms with E-state index in [-0.39, 0.29) is 6.04 Å². The zero-order chi connectivity index (χ0) is 13.8. The Kier molecular flexibility index (Phi) is 3.90. The number of rotatable bonds is 5. The maximum atomic E-state index is 4.46. The van der Waals surface area contributed by atoms with Gasteiger partial charge in [0.15, 0.2) is 5.82 Å². The number of aromatic nitrogens is 3. The lowest BCUT2D eigenvalue weighted by Crippen LogP contribution is -2.23. The van der Waals surface area contributed by atoms with Crippen LogP contribution in [0.5, 0.6) is 0 Å². The molecule has 1 aromatic carbocycles. The van der Waals surface area contributed by atoms with Crippen LogP contribution in [0.2, 0.25) is 0 Å². The lowest BCUT2D eigenvalue weighted by molar-refractivity contribution is 0.578. The minimum atomic E-state index is 0.000972. The van der Waals surface area contributed by atoms with Gasteiger partial charge in [-0.3, -0.25) is 10.4 Å². The van der Waals surface area contributed by atoms with E-state index in [1.807, 2.05) is 25.1 Å². The van der Waals surface area contributed by atoms with Crippen LogP contribution in [0.4, 0.5) is 0 Å². The van der Waals surface area contributed by atoms with Crippen molar-refractivity contribution in [1.82, 2.24) is 20.5 Å². The summed E-state index contributed by atoms with van der Waals surface area (Å²) in [6, 6.07) is 12.4. The maximum Gasteiger partial charge on any atom is 0.172 e. The molecule has 102 valence electrons. The van der Waals surface area contributed by atoms with E-state index in [9.17, 15) is 0 Å². The van der Waals surface area contributed by atoms with E-state index in [4.69, 9.17) is 0 Å². The molecule has 0 saturated heterocycles. The smallest absolute Gasteiger partial charge is 0.172 e. The standard InChI is InChI=1S/C15H16N4S/c1-11-17-15(19-18-11)14(13-5-3-2-4-6-13)16-9-12-7-8-20-10-12/h2-8,10,14,16H,9H2,1H3,(H,17,18,19). The summed E-state index contributed by atoms with van der Waals surface area (Å²) >= 11 is 1.71. The van der Waals surface area contributed by atoms with E-state index in [0.29, 0.717) is 0 Å². The molecule has 0 bridgehead atoms. The summed E-state index contributed by atoms with van der Waals surface area (Å²) in [6.07, 6.45) is 0. The molecular weight excluding hydrogens is 268 g/mol. The number of hydrogen-bond acceptors (Lipinski definition) is 4. The molecule has 0 aliphatic heterocycles. The zero-order valence-electron chi connectivity index (χ0n) is 11.2. The summed E-state index contributed by atoms with van der Waals surface area (Å²) in [5.74, 6) is 1.61. The van der Waals surface area contributed by atoms with Gasteiger partial charge in [0.25, 0.3) is 0 Å². The van der Waals surface area contributed by atoms with Crippen LogP contribution >= 0.6 is 11.3 Å². The fourth-order valence-corrected chi connectivity index (χ4v) is 2.77. The van der Waals surface area contributed by atoms with Crippen LogP contribution in [0.25, 0.3) is 0 Å². The quantitative estimate of drug-likeness (QED) is 0.757. The van der Waals surface area contributed by atoms with Crippen LogP contribution in [0.3, 0.4) is 0 Å². The molecule has 0 spiro atoms. The lowest BCUT2D eigenvalue weighted by atomic mass is 10.1. The monoisotopic (exact) mass is 284 g/mol. The van der Waals surface area contributed by atoms with Crippen molar-refractivity contribution >= 4 is 11.3 Å². The van der Waals surface area contributed by atoms with E-state index in [1.165, 1.54) is 11.1 Å². The highest BCUT2D eigenvalue weighted by Gasteiger charge is 2.17. The van der Waals surface area contributed by atoms with E-state index in [2.05, 4.69) is 49.5 Å². The Morgan fingerprint density at radius 2 is 2.10 bits per heavy atom. The van der Waals surface area contributed by atoms with Gasteiger partial charge in [-0.1, -0.05) is 30.3 Å². The van der Waals surface area contributed by atoms with Crippen molar-refractivity contribution in [3.63, 3.8) is 0 Å². The van der Waals surface area contributed by atoms with Gasteiger partial charge in [-0.25, -0.2) is 4.98 Å². The Bertz CT molecular complexity index is 646. The molecule has 0 radical (unpaired) electrons. The summed E-state index contributed by atoms with van der Waals surface area (Å²) < 4.78 is 0. The van der Waals surface area contributed by atoms with Crippen LogP contribution in [0, 0.1) is 6.92 Å². The molecule has 4 nitrogen and oxygen atoms in total. The third-order valence-electron chi connectivity index (χ3n) is 3.10. The second-order valence-electron chi connectivity index (χ2n) is 4.64. The highest BCUT2D eigenvalue weighted by molar-refractivity contribution is 7.07. The molecular formula is C15H16N4S. The molecule has 0 fully saturated rings. The van der Waals surface area contributed by atoms with Crippen molar-refractivity contribution in [2.75, 3.05) is 0 Å². The molecule has 0 amide bonds. The number of thiophene rings is 1. The largest absolute Gasteiger partial charge is 0.299 e. The molecule has 3 aromatic rings. The third-order valence-corrected chi connectivity index (χ3v) is 3.83. The first-order valence-electron chi connectivity index (χ1n) is 6.51. The van der Waals surface area contributed by atoms with Crippen molar-refractivity contribution in [3.05, 3.63) is 69.9 Å². The second-order valence-corrected chi connectivity index (χ2v) is 5.42.